The molecule has 0 amide bonds. The van der Waals surface area contributed by atoms with Gasteiger partial charge in [-0.1, -0.05) is 69.5 Å². The van der Waals surface area contributed by atoms with Gasteiger partial charge in [-0.25, -0.2) is 4.79 Å². The second-order valence-electron chi connectivity index (χ2n) is 6.27. The number of hydrogen-bond acceptors (Lipinski definition) is 3. The number of esters is 1. The minimum atomic E-state index is -0.845. The third kappa shape index (κ3) is 5.86. The number of benzene rings is 2. The standard InChI is InChI=1S/C22H26O3/c1-3-5-6-8-18-11-15-20(16-12-18)25-22(24)21(23)19-13-9-17(7-4-2)10-14-19/h9-16H,3-8H2,1-2H3. The summed E-state index contributed by atoms with van der Waals surface area (Å²) in [5.41, 5.74) is 2.73. The van der Waals surface area contributed by atoms with Crippen LogP contribution in [-0.2, 0) is 17.6 Å². The summed E-state index contributed by atoms with van der Waals surface area (Å²) in [4.78, 5) is 24.2. The highest BCUT2D eigenvalue weighted by atomic mass is 16.5. The number of ether oxygens (including phenoxy) is 1. The molecule has 0 aromatic heterocycles. The lowest BCUT2D eigenvalue weighted by molar-refractivity contribution is -0.129. The lowest BCUT2D eigenvalue weighted by Crippen LogP contribution is -2.20. The van der Waals surface area contributed by atoms with E-state index in [2.05, 4.69) is 13.8 Å². The van der Waals surface area contributed by atoms with Crippen molar-refractivity contribution in [1.29, 1.82) is 0 Å². The Balaban J connectivity index is 1.93. The fourth-order valence-corrected chi connectivity index (χ4v) is 2.69. The summed E-state index contributed by atoms with van der Waals surface area (Å²) in [7, 11) is 0. The molecule has 2 rings (SSSR count). The molecule has 0 aliphatic carbocycles. The number of ketones is 1. The molecule has 3 nitrogen and oxygen atoms in total. The van der Waals surface area contributed by atoms with Crippen LogP contribution in [0.5, 0.6) is 5.75 Å². The van der Waals surface area contributed by atoms with Gasteiger partial charge in [0.15, 0.2) is 0 Å². The highest BCUT2D eigenvalue weighted by Crippen LogP contribution is 2.16. The van der Waals surface area contributed by atoms with Gasteiger partial charge in [0, 0.05) is 5.56 Å². The van der Waals surface area contributed by atoms with E-state index in [1.165, 1.54) is 18.4 Å². The summed E-state index contributed by atoms with van der Waals surface area (Å²) in [5, 5.41) is 0. The Bertz CT molecular complexity index is 684. The fraction of sp³-hybridized carbons (Fsp3) is 0.364. The van der Waals surface area contributed by atoms with Crippen LogP contribution in [0.2, 0.25) is 0 Å². The van der Waals surface area contributed by atoms with Crippen molar-refractivity contribution in [3.8, 4) is 5.75 Å². The first kappa shape index (κ1) is 18.9. The van der Waals surface area contributed by atoms with Gasteiger partial charge in [0.1, 0.15) is 5.75 Å². The molecule has 0 bridgehead atoms. The van der Waals surface area contributed by atoms with Crippen LogP contribution >= 0.6 is 0 Å². The normalized spacial score (nSPS) is 10.5. The number of unbranched alkanes of at least 4 members (excludes halogenated alkanes) is 2. The molecule has 0 saturated heterocycles. The second-order valence-corrected chi connectivity index (χ2v) is 6.27. The summed E-state index contributed by atoms with van der Waals surface area (Å²) in [5.74, 6) is -1.06. The molecule has 2 aromatic rings. The van der Waals surface area contributed by atoms with Crippen molar-refractivity contribution in [3.63, 3.8) is 0 Å². The summed E-state index contributed by atoms with van der Waals surface area (Å²) in [6, 6.07) is 14.5. The maximum atomic E-state index is 12.2. The molecule has 0 saturated carbocycles. The Morgan fingerprint density at radius 3 is 1.96 bits per heavy atom. The molecule has 3 heteroatoms. The number of carbonyl (C=O) groups is 2. The van der Waals surface area contributed by atoms with Crippen molar-refractivity contribution in [3.05, 3.63) is 65.2 Å². The molecule has 0 fully saturated rings. The van der Waals surface area contributed by atoms with E-state index in [-0.39, 0.29) is 0 Å². The first-order valence-corrected chi connectivity index (χ1v) is 9.08. The molecule has 0 heterocycles. The zero-order chi connectivity index (χ0) is 18.1. The molecule has 0 radical (unpaired) electrons. The van der Waals surface area contributed by atoms with E-state index in [9.17, 15) is 9.59 Å². The van der Waals surface area contributed by atoms with Crippen LogP contribution in [0.1, 0.15) is 61.0 Å². The number of aryl methyl sites for hydroxylation is 2. The van der Waals surface area contributed by atoms with E-state index in [0.717, 1.165) is 31.2 Å². The molecule has 0 unspecified atom stereocenters. The van der Waals surface area contributed by atoms with Crippen molar-refractivity contribution in [1.82, 2.24) is 0 Å². The Kier molecular flexibility index (Phi) is 7.39. The van der Waals surface area contributed by atoms with Gasteiger partial charge in [-0.2, -0.15) is 0 Å². The molecule has 0 N–H and O–H groups in total. The van der Waals surface area contributed by atoms with Gasteiger partial charge in [-0.15, -0.1) is 0 Å². The zero-order valence-electron chi connectivity index (χ0n) is 15.1. The molecule has 0 aliphatic heterocycles. The van der Waals surface area contributed by atoms with E-state index in [1.54, 1.807) is 24.3 Å². The van der Waals surface area contributed by atoms with Crippen molar-refractivity contribution < 1.29 is 14.3 Å². The van der Waals surface area contributed by atoms with E-state index in [1.807, 2.05) is 24.3 Å². The fourth-order valence-electron chi connectivity index (χ4n) is 2.69. The second kappa shape index (κ2) is 9.77. The van der Waals surface area contributed by atoms with Crippen LogP contribution in [0, 0.1) is 0 Å². The van der Waals surface area contributed by atoms with Crippen molar-refractivity contribution in [2.75, 3.05) is 0 Å². The van der Waals surface area contributed by atoms with E-state index < -0.39 is 11.8 Å². The molecule has 25 heavy (non-hydrogen) atoms. The van der Waals surface area contributed by atoms with Gasteiger partial charge in [-0.3, -0.25) is 4.79 Å². The number of hydrogen-bond donors (Lipinski definition) is 0. The van der Waals surface area contributed by atoms with Gasteiger partial charge in [0.05, 0.1) is 0 Å². The maximum Gasteiger partial charge on any atom is 0.385 e. The molecule has 0 aliphatic rings. The van der Waals surface area contributed by atoms with Crippen LogP contribution in [-0.4, -0.2) is 11.8 Å². The average molecular weight is 338 g/mol. The molecule has 132 valence electrons. The highest BCUT2D eigenvalue weighted by molar-refractivity contribution is 6.41. The van der Waals surface area contributed by atoms with Crippen LogP contribution in [0.4, 0.5) is 0 Å². The molecular formula is C22H26O3. The highest BCUT2D eigenvalue weighted by Gasteiger charge is 2.18. The first-order chi connectivity index (χ1) is 12.1. The third-order valence-corrected chi connectivity index (χ3v) is 4.14. The van der Waals surface area contributed by atoms with Crippen LogP contribution in [0.3, 0.4) is 0 Å². The van der Waals surface area contributed by atoms with Gasteiger partial charge in [0.25, 0.3) is 5.78 Å². The predicted octanol–water partition coefficient (Wildman–Crippen LogP) is 5.16. The van der Waals surface area contributed by atoms with E-state index in [4.69, 9.17) is 4.74 Å². The number of carbonyl (C=O) groups excluding carboxylic acids is 2. The summed E-state index contributed by atoms with van der Waals surface area (Å²) in [6.07, 6.45) is 6.58. The van der Waals surface area contributed by atoms with Crippen molar-refractivity contribution in [2.45, 2.75) is 52.4 Å². The van der Waals surface area contributed by atoms with Crippen molar-refractivity contribution >= 4 is 11.8 Å². The summed E-state index contributed by atoms with van der Waals surface area (Å²) in [6.45, 7) is 4.28. The minimum absolute atomic E-state index is 0.362. The Morgan fingerprint density at radius 1 is 0.760 bits per heavy atom. The Hall–Kier alpha value is -2.42. The molecule has 2 aromatic carbocycles. The summed E-state index contributed by atoms with van der Waals surface area (Å²) >= 11 is 0. The SMILES string of the molecule is CCCCCc1ccc(OC(=O)C(=O)c2ccc(CCC)cc2)cc1. The Morgan fingerprint density at radius 2 is 1.36 bits per heavy atom. The number of rotatable bonds is 9. The lowest BCUT2D eigenvalue weighted by atomic mass is 10.1. The van der Waals surface area contributed by atoms with E-state index in [0.29, 0.717) is 11.3 Å². The van der Waals surface area contributed by atoms with Gasteiger partial charge < -0.3 is 4.74 Å². The minimum Gasteiger partial charge on any atom is -0.421 e. The number of Topliss-reactive ketones (excluding diaryl/α,β-unsaturated/α-hetero) is 1. The molecular weight excluding hydrogens is 312 g/mol. The lowest BCUT2D eigenvalue weighted by Gasteiger charge is -2.06. The molecule has 0 atom stereocenters. The zero-order valence-corrected chi connectivity index (χ0v) is 15.1. The molecule has 0 spiro atoms. The van der Waals surface area contributed by atoms with Gasteiger partial charge >= 0.3 is 5.97 Å². The van der Waals surface area contributed by atoms with Crippen LogP contribution < -0.4 is 4.74 Å². The van der Waals surface area contributed by atoms with E-state index >= 15 is 0 Å². The summed E-state index contributed by atoms with van der Waals surface area (Å²) < 4.78 is 5.20. The van der Waals surface area contributed by atoms with Gasteiger partial charge in [-0.05, 0) is 42.5 Å². The Labute approximate surface area is 150 Å². The van der Waals surface area contributed by atoms with Gasteiger partial charge in [0.2, 0.25) is 0 Å². The monoisotopic (exact) mass is 338 g/mol. The topological polar surface area (TPSA) is 43.4 Å². The third-order valence-electron chi connectivity index (χ3n) is 4.14. The first-order valence-electron chi connectivity index (χ1n) is 9.08. The van der Waals surface area contributed by atoms with Crippen LogP contribution in [0.15, 0.2) is 48.5 Å². The quantitative estimate of drug-likeness (QED) is 0.208. The smallest absolute Gasteiger partial charge is 0.385 e. The van der Waals surface area contributed by atoms with Crippen LogP contribution in [0.25, 0.3) is 0 Å². The van der Waals surface area contributed by atoms with Crippen molar-refractivity contribution in [2.24, 2.45) is 0 Å². The largest absolute Gasteiger partial charge is 0.421 e. The predicted molar refractivity (Wildman–Crippen MR) is 100 cm³/mol. The maximum absolute atomic E-state index is 12.2. The average Bonchev–Trinajstić information content (AvgIpc) is 2.63.